The van der Waals surface area contributed by atoms with Gasteiger partial charge in [0, 0.05) is 19.6 Å². The van der Waals surface area contributed by atoms with Crippen molar-refractivity contribution in [3.8, 4) is 0 Å². The van der Waals surface area contributed by atoms with Crippen molar-refractivity contribution in [2.75, 3.05) is 35.6 Å². The summed E-state index contributed by atoms with van der Waals surface area (Å²) in [7, 11) is 0. The van der Waals surface area contributed by atoms with Crippen molar-refractivity contribution in [3.63, 3.8) is 0 Å². The molecular weight excluding hydrogens is 306 g/mol. The minimum absolute atomic E-state index is 0.135. The topological polar surface area (TPSA) is 108 Å². The predicted octanol–water partition coefficient (Wildman–Crippen LogP) is 1.73. The first-order valence-electron chi connectivity index (χ1n) is 7.20. The highest BCUT2D eigenvalue weighted by molar-refractivity contribution is 6.29. The van der Waals surface area contributed by atoms with Gasteiger partial charge < -0.3 is 21.1 Å². The highest BCUT2D eigenvalue weighted by Gasteiger charge is 2.15. The summed E-state index contributed by atoms with van der Waals surface area (Å²) in [5.41, 5.74) is 1.13. The Labute approximate surface area is 133 Å². The van der Waals surface area contributed by atoms with Crippen molar-refractivity contribution >= 4 is 40.2 Å². The molecule has 0 saturated carbocycles. The van der Waals surface area contributed by atoms with Crippen LogP contribution in [0.5, 0.6) is 0 Å². The van der Waals surface area contributed by atoms with Gasteiger partial charge in [-0.05, 0) is 32.4 Å². The maximum absolute atomic E-state index is 9.39. The molecule has 2 heterocycles. The lowest BCUT2D eigenvalue weighted by Gasteiger charge is -2.13. The fraction of sp³-hybridized carbons (Fsp3) is 0.538. The van der Waals surface area contributed by atoms with Crippen LogP contribution in [0.4, 0.5) is 17.6 Å². The summed E-state index contributed by atoms with van der Waals surface area (Å²) in [6.07, 6.45) is -0.503. The fourth-order valence-electron chi connectivity index (χ4n) is 1.89. The van der Waals surface area contributed by atoms with Crippen molar-refractivity contribution in [2.24, 2.45) is 0 Å². The average Bonchev–Trinajstić information content (AvgIpc) is 2.46. The standard InChI is InChI=1S/C13H20ClN7O/c1-4-15-10-9-8(18-12(14)20-10)11(16-5-2)21-13(19-9)17-6-7(3)22/h7,22H,4-6H2,1-3H3,(H,15,18,20)(H2,16,17,19,21)/t7-/m1/s1. The number of halogens is 1. The van der Waals surface area contributed by atoms with Crippen LogP contribution < -0.4 is 16.0 Å². The molecule has 0 spiro atoms. The van der Waals surface area contributed by atoms with Crippen LogP contribution in [0.3, 0.4) is 0 Å². The summed E-state index contributed by atoms with van der Waals surface area (Å²) < 4.78 is 0. The summed E-state index contributed by atoms with van der Waals surface area (Å²) in [6.45, 7) is 7.32. The van der Waals surface area contributed by atoms with Crippen molar-refractivity contribution in [3.05, 3.63) is 5.28 Å². The highest BCUT2D eigenvalue weighted by atomic mass is 35.5. The Kier molecular flexibility index (Phi) is 5.51. The molecule has 9 heteroatoms. The summed E-state index contributed by atoms with van der Waals surface area (Å²) in [6, 6.07) is 0. The van der Waals surface area contributed by atoms with E-state index >= 15 is 0 Å². The Hall–Kier alpha value is -1.93. The summed E-state index contributed by atoms with van der Waals surface area (Å²) in [5.74, 6) is 1.53. The van der Waals surface area contributed by atoms with Crippen LogP contribution in [0.1, 0.15) is 20.8 Å². The highest BCUT2D eigenvalue weighted by Crippen LogP contribution is 2.26. The van der Waals surface area contributed by atoms with E-state index in [1.54, 1.807) is 6.92 Å². The third-order valence-corrected chi connectivity index (χ3v) is 2.93. The van der Waals surface area contributed by atoms with Gasteiger partial charge in [-0.2, -0.15) is 9.97 Å². The Morgan fingerprint density at radius 2 is 1.55 bits per heavy atom. The Balaban J connectivity index is 2.55. The summed E-state index contributed by atoms with van der Waals surface area (Å²) >= 11 is 5.98. The number of nitrogens with one attached hydrogen (secondary N) is 3. The SMILES string of the molecule is CCNc1nc(NC[C@@H](C)O)nc2c(NCC)nc(Cl)nc12. The number of aliphatic hydroxyl groups excluding tert-OH is 1. The smallest absolute Gasteiger partial charge is 0.225 e. The van der Waals surface area contributed by atoms with Crippen LogP contribution in [0.2, 0.25) is 5.28 Å². The van der Waals surface area contributed by atoms with Crippen LogP contribution >= 0.6 is 11.6 Å². The lowest BCUT2D eigenvalue weighted by molar-refractivity contribution is 0.208. The number of aliphatic hydroxyl groups is 1. The van der Waals surface area contributed by atoms with E-state index in [4.69, 9.17) is 11.6 Å². The minimum Gasteiger partial charge on any atom is -0.392 e. The first-order valence-corrected chi connectivity index (χ1v) is 7.57. The van der Waals surface area contributed by atoms with E-state index < -0.39 is 6.10 Å². The molecule has 2 aromatic rings. The van der Waals surface area contributed by atoms with Crippen molar-refractivity contribution in [1.29, 1.82) is 0 Å². The summed E-state index contributed by atoms with van der Waals surface area (Å²) in [5, 5.41) is 18.8. The molecule has 0 aromatic carbocycles. The van der Waals surface area contributed by atoms with Gasteiger partial charge in [-0.3, -0.25) is 0 Å². The third-order valence-electron chi connectivity index (χ3n) is 2.76. The average molecular weight is 326 g/mol. The van der Waals surface area contributed by atoms with E-state index in [0.717, 1.165) is 0 Å². The second kappa shape index (κ2) is 7.37. The summed E-state index contributed by atoms with van der Waals surface area (Å²) in [4.78, 5) is 17.2. The largest absolute Gasteiger partial charge is 0.392 e. The van der Waals surface area contributed by atoms with Crippen molar-refractivity contribution in [2.45, 2.75) is 26.9 Å². The molecule has 8 nitrogen and oxygen atoms in total. The third kappa shape index (κ3) is 3.83. The van der Waals surface area contributed by atoms with Gasteiger partial charge in [0.1, 0.15) is 11.0 Å². The lowest BCUT2D eigenvalue weighted by atomic mass is 10.3. The fourth-order valence-corrected chi connectivity index (χ4v) is 2.06. The van der Waals surface area contributed by atoms with Gasteiger partial charge >= 0.3 is 0 Å². The second-order valence-electron chi connectivity index (χ2n) is 4.72. The van der Waals surface area contributed by atoms with Crippen LogP contribution in [-0.2, 0) is 0 Å². The molecule has 0 aliphatic carbocycles. The van der Waals surface area contributed by atoms with E-state index in [2.05, 4.69) is 35.9 Å². The molecule has 0 fully saturated rings. The van der Waals surface area contributed by atoms with Gasteiger partial charge in [-0.1, -0.05) is 0 Å². The first-order chi connectivity index (χ1) is 10.5. The molecule has 0 aliphatic rings. The number of nitrogens with zero attached hydrogens (tertiary/aromatic N) is 4. The van der Waals surface area contributed by atoms with Gasteiger partial charge in [0.25, 0.3) is 0 Å². The van der Waals surface area contributed by atoms with E-state index in [1.807, 2.05) is 13.8 Å². The van der Waals surface area contributed by atoms with Gasteiger partial charge in [-0.25, -0.2) is 9.97 Å². The number of hydrogen-bond acceptors (Lipinski definition) is 8. The van der Waals surface area contributed by atoms with Gasteiger partial charge in [-0.15, -0.1) is 0 Å². The first kappa shape index (κ1) is 16.4. The van der Waals surface area contributed by atoms with E-state index in [1.165, 1.54) is 0 Å². The zero-order valence-corrected chi connectivity index (χ0v) is 13.6. The zero-order valence-electron chi connectivity index (χ0n) is 12.8. The van der Waals surface area contributed by atoms with E-state index in [0.29, 0.717) is 48.3 Å². The molecule has 0 saturated heterocycles. The minimum atomic E-state index is -0.503. The molecular formula is C13H20ClN7O. The number of aromatic nitrogens is 4. The molecule has 22 heavy (non-hydrogen) atoms. The number of hydrogen-bond donors (Lipinski definition) is 4. The second-order valence-corrected chi connectivity index (χ2v) is 5.06. The molecule has 0 unspecified atom stereocenters. The monoisotopic (exact) mass is 325 g/mol. The maximum atomic E-state index is 9.39. The number of anilines is 3. The quantitative estimate of drug-likeness (QED) is 0.570. The Bertz CT molecular complexity index is 650. The molecule has 2 aromatic heterocycles. The maximum Gasteiger partial charge on any atom is 0.225 e. The lowest BCUT2D eigenvalue weighted by Crippen LogP contribution is -2.18. The van der Waals surface area contributed by atoms with Crippen LogP contribution in [-0.4, -0.2) is 50.8 Å². The predicted molar refractivity (Wildman–Crippen MR) is 88.6 cm³/mol. The van der Waals surface area contributed by atoms with Crippen molar-refractivity contribution in [1.82, 2.24) is 19.9 Å². The van der Waals surface area contributed by atoms with Crippen molar-refractivity contribution < 1.29 is 5.11 Å². The molecule has 120 valence electrons. The molecule has 0 radical (unpaired) electrons. The molecule has 0 amide bonds. The van der Waals surface area contributed by atoms with Crippen LogP contribution in [0, 0.1) is 0 Å². The van der Waals surface area contributed by atoms with E-state index in [9.17, 15) is 5.11 Å². The van der Waals surface area contributed by atoms with Crippen LogP contribution in [0.15, 0.2) is 0 Å². The van der Waals surface area contributed by atoms with E-state index in [-0.39, 0.29) is 5.28 Å². The Morgan fingerprint density at radius 3 is 2.14 bits per heavy atom. The molecule has 1 atom stereocenters. The van der Waals surface area contributed by atoms with Gasteiger partial charge in [0.15, 0.2) is 11.6 Å². The van der Waals surface area contributed by atoms with Gasteiger partial charge in [0.2, 0.25) is 11.2 Å². The number of fused-ring (bicyclic) bond motifs is 1. The molecule has 0 aliphatic heterocycles. The molecule has 4 N–H and O–H groups in total. The molecule has 2 rings (SSSR count). The number of rotatable bonds is 7. The van der Waals surface area contributed by atoms with Gasteiger partial charge in [0.05, 0.1) is 6.10 Å². The normalized spacial score (nSPS) is 12.2. The molecule has 0 bridgehead atoms. The van der Waals surface area contributed by atoms with Crippen LogP contribution in [0.25, 0.3) is 11.0 Å². The Morgan fingerprint density at radius 1 is 0.955 bits per heavy atom. The zero-order chi connectivity index (χ0) is 16.1.